The zero-order chi connectivity index (χ0) is 16.3. The molecule has 22 heavy (non-hydrogen) atoms. The molecule has 0 atom stereocenters. The van der Waals surface area contributed by atoms with Crippen LogP contribution in [-0.2, 0) is 11.2 Å². The van der Waals surface area contributed by atoms with Crippen molar-refractivity contribution in [3.63, 3.8) is 0 Å². The first-order valence-corrected chi connectivity index (χ1v) is 7.52. The van der Waals surface area contributed by atoms with Crippen molar-refractivity contribution in [2.75, 3.05) is 13.2 Å². The number of amides is 1. The number of aromatic nitrogens is 1. The molecule has 2 rings (SSSR count). The Kier molecular flexibility index (Phi) is 4.99. The van der Waals surface area contributed by atoms with Gasteiger partial charge in [0.2, 0.25) is 5.91 Å². The van der Waals surface area contributed by atoms with E-state index in [-0.39, 0.29) is 29.7 Å². The molecule has 6 nitrogen and oxygen atoms in total. The van der Waals surface area contributed by atoms with E-state index < -0.39 is 0 Å². The number of carbonyl (C=O) groups is 1. The average Bonchev–Trinajstić information content (AvgIpc) is 3.28. The third-order valence-corrected chi connectivity index (χ3v) is 4.16. The van der Waals surface area contributed by atoms with Gasteiger partial charge < -0.3 is 15.0 Å². The van der Waals surface area contributed by atoms with E-state index in [2.05, 4.69) is 4.98 Å². The number of hydrogen-bond acceptors (Lipinski definition) is 4. The summed E-state index contributed by atoms with van der Waals surface area (Å²) in [6, 6.07) is 2.19. The van der Waals surface area contributed by atoms with Crippen molar-refractivity contribution in [1.82, 2.24) is 9.88 Å². The number of aliphatic hydroxyl groups excluding tert-OH is 1. The number of nitriles is 1. The fourth-order valence-electron chi connectivity index (χ4n) is 2.80. The monoisotopic (exact) mass is 303 g/mol. The lowest BCUT2D eigenvalue weighted by atomic mass is 9.99. The molecule has 1 aromatic heterocycles. The summed E-state index contributed by atoms with van der Waals surface area (Å²) >= 11 is 0. The van der Waals surface area contributed by atoms with Crippen molar-refractivity contribution in [2.24, 2.45) is 0 Å². The van der Waals surface area contributed by atoms with Crippen molar-refractivity contribution < 1.29 is 9.90 Å². The first-order chi connectivity index (χ1) is 10.5. The molecule has 1 fully saturated rings. The minimum atomic E-state index is -0.382. The van der Waals surface area contributed by atoms with Gasteiger partial charge in [-0.3, -0.25) is 9.59 Å². The van der Waals surface area contributed by atoms with Crippen LogP contribution >= 0.6 is 0 Å². The summed E-state index contributed by atoms with van der Waals surface area (Å²) in [5.41, 5.74) is 1.94. The summed E-state index contributed by atoms with van der Waals surface area (Å²) in [5.74, 6) is 0.0139. The Hall–Kier alpha value is -2.13. The molecule has 1 saturated carbocycles. The number of hydrogen-bond donors (Lipinski definition) is 2. The number of aliphatic hydroxyl groups is 1. The molecule has 0 aliphatic heterocycles. The van der Waals surface area contributed by atoms with Gasteiger partial charge in [-0.15, -0.1) is 0 Å². The van der Waals surface area contributed by atoms with E-state index in [0.717, 1.165) is 18.4 Å². The molecule has 118 valence electrons. The zero-order valence-corrected chi connectivity index (χ0v) is 13.0. The minimum Gasteiger partial charge on any atom is -0.395 e. The Morgan fingerprint density at radius 2 is 2.14 bits per heavy atom. The van der Waals surface area contributed by atoms with Gasteiger partial charge in [0.1, 0.15) is 11.6 Å². The fraction of sp³-hybridized carbons (Fsp3) is 0.562. The molecule has 0 saturated heterocycles. The molecule has 0 bridgehead atoms. The Bertz CT molecular complexity index is 668. The van der Waals surface area contributed by atoms with Gasteiger partial charge in [-0.2, -0.15) is 5.26 Å². The quantitative estimate of drug-likeness (QED) is 0.811. The van der Waals surface area contributed by atoms with Crippen molar-refractivity contribution in [1.29, 1.82) is 5.26 Å². The van der Waals surface area contributed by atoms with E-state index in [1.165, 1.54) is 0 Å². The van der Waals surface area contributed by atoms with Crippen LogP contribution in [0.5, 0.6) is 0 Å². The van der Waals surface area contributed by atoms with E-state index >= 15 is 0 Å². The van der Waals surface area contributed by atoms with Gasteiger partial charge in [0, 0.05) is 24.7 Å². The normalized spacial score (nSPS) is 13.7. The van der Waals surface area contributed by atoms with Crippen LogP contribution in [0.25, 0.3) is 0 Å². The van der Waals surface area contributed by atoms with Crippen molar-refractivity contribution in [2.45, 2.75) is 45.6 Å². The van der Waals surface area contributed by atoms with Gasteiger partial charge in [0.05, 0.1) is 6.61 Å². The van der Waals surface area contributed by atoms with Crippen molar-refractivity contribution >= 4 is 5.91 Å². The molecule has 0 unspecified atom stereocenters. The molecule has 2 N–H and O–H groups in total. The largest absolute Gasteiger partial charge is 0.395 e. The topological polar surface area (TPSA) is 97.2 Å². The van der Waals surface area contributed by atoms with Crippen LogP contribution in [-0.4, -0.2) is 40.1 Å². The van der Waals surface area contributed by atoms with Crippen LogP contribution < -0.4 is 5.56 Å². The molecule has 1 amide bonds. The highest BCUT2D eigenvalue weighted by molar-refractivity contribution is 5.77. The van der Waals surface area contributed by atoms with Crippen molar-refractivity contribution in [3.8, 4) is 6.07 Å². The SMILES string of the molecule is Cc1[nH]c(=O)c(C#N)c(C)c1CCC(=O)N(CCO)C1CC1. The predicted molar refractivity (Wildman–Crippen MR) is 81.4 cm³/mol. The third kappa shape index (κ3) is 3.37. The third-order valence-electron chi connectivity index (χ3n) is 4.16. The maximum Gasteiger partial charge on any atom is 0.266 e. The van der Waals surface area contributed by atoms with Gasteiger partial charge >= 0.3 is 0 Å². The van der Waals surface area contributed by atoms with Crippen LogP contribution in [0.3, 0.4) is 0 Å². The second-order valence-electron chi connectivity index (χ2n) is 5.71. The molecule has 1 aliphatic carbocycles. The van der Waals surface area contributed by atoms with Gasteiger partial charge in [-0.25, -0.2) is 0 Å². The summed E-state index contributed by atoms with van der Waals surface area (Å²) in [4.78, 5) is 28.4. The Labute approximate surface area is 129 Å². The molecule has 1 heterocycles. The second kappa shape index (κ2) is 6.75. The van der Waals surface area contributed by atoms with E-state index in [0.29, 0.717) is 30.6 Å². The summed E-state index contributed by atoms with van der Waals surface area (Å²) in [6.07, 6.45) is 2.80. The number of nitrogens with one attached hydrogen (secondary N) is 1. The van der Waals surface area contributed by atoms with Crippen LogP contribution in [0.1, 0.15) is 41.6 Å². The number of carbonyl (C=O) groups excluding carboxylic acids is 1. The number of pyridine rings is 1. The van der Waals surface area contributed by atoms with Crippen LogP contribution in [0.2, 0.25) is 0 Å². The number of H-pyrrole nitrogens is 1. The van der Waals surface area contributed by atoms with Gasteiger partial charge in [-0.05, 0) is 44.2 Å². The summed E-state index contributed by atoms with van der Waals surface area (Å²) in [6.45, 7) is 3.86. The fourth-order valence-corrected chi connectivity index (χ4v) is 2.80. The van der Waals surface area contributed by atoms with Gasteiger partial charge in [-0.1, -0.05) is 0 Å². The van der Waals surface area contributed by atoms with Gasteiger partial charge in [0.15, 0.2) is 0 Å². The average molecular weight is 303 g/mol. The summed E-state index contributed by atoms with van der Waals surface area (Å²) < 4.78 is 0. The summed E-state index contributed by atoms with van der Waals surface area (Å²) in [7, 11) is 0. The Morgan fingerprint density at radius 3 is 2.68 bits per heavy atom. The highest BCUT2D eigenvalue weighted by Gasteiger charge is 2.31. The number of aromatic amines is 1. The molecule has 0 spiro atoms. The van der Waals surface area contributed by atoms with E-state index in [9.17, 15) is 9.59 Å². The smallest absolute Gasteiger partial charge is 0.266 e. The molecule has 1 aromatic rings. The maximum atomic E-state index is 12.3. The Morgan fingerprint density at radius 1 is 1.45 bits per heavy atom. The number of rotatable bonds is 6. The van der Waals surface area contributed by atoms with Crippen LogP contribution in [0.15, 0.2) is 4.79 Å². The van der Waals surface area contributed by atoms with E-state index in [1.54, 1.807) is 18.7 Å². The molecule has 6 heteroatoms. The zero-order valence-electron chi connectivity index (χ0n) is 13.0. The standard InChI is InChI=1S/C16H21N3O3/c1-10-13(11(2)18-16(22)14(10)9-17)5-6-15(21)19(7-8-20)12-3-4-12/h12,20H,3-8H2,1-2H3,(H,18,22). The molecule has 0 aromatic carbocycles. The predicted octanol–water partition coefficient (Wildman–Crippen LogP) is 0.779. The lowest BCUT2D eigenvalue weighted by Crippen LogP contribution is -2.35. The lowest BCUT2D eigenvalue weighted by Gasteiger charge is -2.21. The maximum absolute atomic E-state index is 12.3. The minimum absolute atomic E-state index is 0.0139. The highest BCUT2D eigenvalue weighted by Crippen LogP contribution is 2.27. The highest BCUT2D eigenvalue weighted by atomic mass is 16.3. The second-order valence-corrected chi connectivity index (χ2v) is 5.71. The number of aryl methyl sites for hydroxylation is 1. The van der Waals surface area contributed by atoms with Crippen LogP contribution in [0.4, 0.5) is 0 Å². The van der Waals surface area contributed by atoms with Crippen molar-refractivity contribution in [3.05, 3.63) is 32.7 Å². The first-order valence-electron chi connectivity index (χ1n) is 7.52. The van der Waals surface area contributed by atoms with E-state index in [4.69, 9.17) is 10.4 Å². The van der Waals surface area contributed by atoms with Gasteiger partial charge in [0.25, 0.3) is 5.56 Å². The molecular weight excluding hydrogens is 282 g/mol. The lowest BCUT2D eigenvalue weighted by molar-refractivity contribution is -0.132. The first kappa shape index (κ1) is 16.2. The van der Waals surface area contributed by atoms with Crippen LogP contribution in [0, 0.1) is 25.2 Å². The Balaban J connectivity index is 2.13. The molecule has 0 radical (unpaired) electrons. The molecule has 1 aliphatic rings. The number of nitrogens with zero attached hydrogens (tertiary/aromatic N) is 2. The summed E-state index contributed by atoms with van der Waals surface area (Å²) in [5, 5.41) is 18.1. The molecular formula is C16H21N3O3. The van der Waals surface area contributed by atoms with E-state index in [1.807, 2.05) is 6.07 Å².